The fourth-order valence-corrected chi connectivity index (χ4v) is 4.01. The first-order chi connectivity index (χ1) is 13.1. The van der Waals surface area contributed by atoms with Gasteiger partial charge in [0.05, 0.1) is 24.9 Å². The molecule has 1 fully saturated rings. The van der Waals surface area contributed by atoms with Crippen LogP contribution in [-0.2, 0) is 10.0 Å². The smallest absolute Gasteiger partial charge is 0.317 e. The Morgan fingerprint density at radius 3 is 2.54 bits per heavy atom. The summed E-state index contributed by atoms with van der Waals surface area (Å²) in [6.07, 6.45) is 1.71. The Labute approximate surface area is 169 Å². The zero-order valence-electron chi connectivity index (χ0n) is 16.3. The van der Waals surface area contributed by atoms with Gasteiger partial charge in [0.1, 0.15) is 0 Å². The van der Waals surface area contributed by atoms with Crippen LogP contribution in [0.3, 0.4) is 0 Å². The molecule has 13 heteroatoms. The van der Waals surface area contributed by atoms with Gasteiger partial charge in [-0.1, -0.05) is 25.6 Å². The third-order valence-corrected chi connectivity index (χ3v) is 5.51. The maximum Gasteiger partial charge on any atom is 0.317 e. The minimum atomic E-state index is -3.56. The molecular formula is C15H27N7O4S2. The first-order valence-electron chi connectivity index (χ1n) is 8.82. The van der Waals surface area contributed by atoms with Gasteiger partial charge in [-0.15, -0.1) is 0 Å². The summed E-state index contributed by atoms with van der Waals surface area (Å²) >= 11 is 1.29. The number of amides is 2. The van der Waals surface area contributed by atoms with Crippen LogP contribution in [0.4, 0.5) is 16.7 Å². The maximum absolute atomic E-state index is 11.6. The molecule has 0 aromatic carbocycles. The number of aromatic nitrogens is 3. The van der Waals surface area contributed by atoms with Crippen molar-refractivity contribution in [3.8, 4) is 0 Å². The second-order valence-electron chi connectivity index (χ2n) is 7.05. The summed E-state index contributed by atoms with van der Waals surface area (Å²) in [6, 6.07) is -0.431. The lowest BCUT2D eigenvalue weighted by Crippen LogP contribution is -2.31. The second-order valence-corrected chi connectivity index (χ2v) is 9.79. The zero-order chi connectivity index (χ0) is 20.9. The van der Waals surface area contributed by atoms with Gasteiger partial charge in [-0.3, -0.25) is 4.72 Å². The van der Waals surface area contributed by atoms with Gasteiger partial charge >= 0.3 is 6.03 Å². The molecule has 0 spiro atoms. The number of hydrogen-bond acceptors (Lipinski definition) is 9. The number of thioether (sulfide) groups is 1. The highest BCUT2D eigenvalue weighted by molar-refractivity contribution is 7.99. The highest BCUT2D eigenvalue weighted by Gasteiger charge is 2.27. The Hall–Kier alpha value is -1.86. The van der Waals surface area contributed by atoms with Crippen molar-refractivity contribution in [3.63, 3.8) is 0 Å². The predicted molar refractivity (Wildman–Crippen MR) is 108 cm³/mol. The fourth-order valence-electron chi connectivity index (χ4n) is 2.60. The van der Waals surface area contributed by atoms with Crippen molar-refractivity contribution in [2.75, 3.05) is 42.2 Å². The molecule has 1 aliphatic heterocycles. The van der Waals surface area contributed by atoms with Crippen LogP contribution in [0.1, 0.15) is 20.3 Å². The summed E-state index contributed by atoms with van der Waals surface area (Å²) < 4.78 is 25.4. The first kappa shape index (κ1) is 22.4. The summed E-state index contributed by atoms with van der Waals surface area (Å²) in [6.45, 7) is 4.47. The molecule has 2 atom stereocenters. The summed E-state index contributed by atoms with van der Waals surface area (Å²) in [5.74, 6) is 0.957. The highest BCUT2D eigenvalue weighted by atomic mass is 32.2. The lowest BCUT2D eigenvalue weighted by molar-refractivity contribution is 0.219. The Kier molecular flexibility index (Phi) is 7.66. The molecule has 11 nitrogen and oxygen atoms in total. The van der Waals surface area contributed by atoms with E-state index in [1.54, 1.807) is 11.9 Å². The summed E-state index contributed by atoms with van der Waals surface area (Å²) in [4.78, 5) is 25.7. The van der Waals surface area contributed by atoms with E-state index >= 15 is 0 Å². The van der Waals surface area contributed by atoms with Gasteiger partial charge < -0.3 is 20.6 Å². The van der Waals surface area contributed by atoms with E-state index in [2.05, 4.69) is 30.3 Å². The SMILES string of the molecule is CC(C)C[C@H](CO)Nc1nc(NS(C)(=O)=O)nc(SC[C@@H]2CNC(=O)N2C)n1. The molecule has 2 heterocycles. The van der Waals surface area contributed by atoms with Gasteiger partial charge in [-0.2, -0.15) is 15.0 Å². The van der Waals surface area contributed by atoms with E-state index in [0.717, 1.165) is 6.26 Å². The number of aliphatic hydroxyl groups is 1. The molecule has 0 radical (unpaired) electrons. The predicted octanol–water partition coefficient (Wildman–Crippen LogP) is 0.178. The number of rotatable bonds is 10. The minimum absolute atomic E-state index is 0.0249. The van der Waals surface area contributed by atoms with Gasteiger partial charge in [0.2, 0.25) is 21.9 Å². The van der Waals surface area contributed by atoms with Crippen LogP contribution in [0.25, 0.3) is 0 Å². The van der Waals surface area contributed by atoms with E-state index in [-0.39, 0.29) is 36.6 Å². The van der Waals surface area contributed by atoms with Crippen LogP contribution in [0.15, 0.2) is 5.16 Å². The Morgan fingerprint density at radius 2 is 2.00 bits per heavy atom. The van der Waals surface area contributed by atoms with Crippen molar-refractivity contribution in [1.82, 2.24) is 25.2 Å². The van der Waals surface area contributed by atoms with Gasteiger partial charge in [-0.05, 0) is 12.3 Å². The average molecular weight is 434 g/mol. The number of nitrogens with zero attached hydrogens (tertiary/aromatic N) is 4. The van der Waals surface area contributed by atoms with Crippen LogP contribution < -0.4 is 15.4 Å². The highest BCUT2D eigenvalue weighted by Crippen LogP contribution is 2.21. The van der Waals surface area contributed by atoms with E-state index in [4.69, 9.17) is 0 Å². The Bertz CT molecular complexity index is 791. The first-order valence-corrected chi connectivity index (χ1v) is 11.7. The number of carbonyl (C=O) groups is 1. The molecular weight excluding hydrogens is 406 g/mol. The molecule has 1 aromatic heterocycles. The quantitative estimate of drug-likeness (QED) is 0.379. The van der Waals surface area contributed by atoms with Crippen molar-refractivity contribution >= 4 is 39.7 Å². The lowest BCUT2D eigenvalue weighted by Gasteiger charge is -2.19. The minimum Gasteiger partial charge on any atom is -0.394 e. The van der Waals surface area contributed by atoms with Crippen LogP contribution >= 0.6 is 11.8 Å². The number of hydrogen-bond donors (Lipinski definition) is 4. The van der Waals surface area contributed by atoms with Crippen LogP contribution in [-0.4, -0.2) is 83.7 Å². The molecule has 2 amide bonds. The average Bonchev–Trinajstić information content (AvgIpc) is 2.89. The molecule has 0 saturated carbocycles. The number of urea groups is 1. The largest absolute Gasteiger partial charge is 0.394 e. The third kappa shape index (κ3) is 6.95. The number of carbonyl (C=O) groups excluding carboxylic acids is 1. The normalized spacial score (nSPS) is 18.3. The Morgan fingerprint density at radius 1 is 1.32 bits per heavy atom. The number of anilines is 2. The zero-order valence-corrected chi connectivity index (χ0v) is 18.0. The molecule has 4 N–H and O–H groups in total. The van der Waals surface area contributed by atoms with E-state index in [1.807, 2.05) is 13.8 Å². The molecule has 1 aromatic rings. The van der Waals surface area contributed by atoms with Gasteiger partial charge in [0.15, 0.2) is 5.16 Å². The van der Waals surface area contributed by atoms with Gasteiger partial charge in [0.25, 0.3) is 0 Å². The molecule has 1 aliphatic rings. The van der Waals surface area contributed by atoms with Crippen molar-refractivity contribution in [1.29, 1.82) is 0 Å². The molecule has 0 unspecified atom stereocenters. The molecule has 0 bridgehead atoms. The van der Waals surface area contributed by atoms with Crippen molar-refractivity contribution < 1.29 is 18.3 Å². The third-order valence-electron chi connectivity index (χ3n) is 3.96. The van der Waals surface area contributed by atoms with E-state index in [0.29, 0.717) is 29.8 Å². The molecule has 158 valence electrons. The molecule has 0 aliphatic carbocycles. The van der Waals surface area contributed by atoms with Crippen LogP contribution in [0.2, 0.25) is 0 Å². The number of sulfonamides is 1. The molecule has 28 heavy (non-hydrogen) atoms. The van der Waals surface area contributed by atoms with Crippen LogP contribution in [0.5, 0.6) is 0 Å². The standard InChI is InChI=1S/C15H27N7O4S2/c1-9(2)5-10(7-23)17-12-18-13(21-28(4,25)26)20-14(19-12)27-8-11-6-16-15(24)22(11)3/h9-11,23H,5-8H2,1-4H3,(H,16,24)(H2,17,18,19,20,21)/t10-,11+/m1/s1. The van der Waals surface area contributed by atoms with Crippen molar-refractivity contribution in [3.05, 3.63) is 0 Å². The fraction of sp³-hybridized carbons (Fsp3) is 0.733. The summed E-state index contributed by atoms with van der Waals surface area (Å²) in [7, 11) is -1.85. The van der Waals surface area contributed by atoms with Crippen molar-refractivity contribution in [2.45, 2.75) is 37.5 Å². The number of aliphatic hydroxyl groups excluding tert-OH is 1. The van der Waals surface area contributed by atoms with Gasteiger partial charge in [0, 0.05) is 19.3 Å². The van der Waals surface area contributed by atoms with Gasteiger partial charge in [-0.25, -0.2) is 13.2 Å². The van der Waals surface area contributed by atoms with E-state index in [9.17, 15) is 18.3 Å². The van der Waals surface area contributed by atoms with E-state index in [1.165, 1.54) is 11.8 Å². The van der Waals surface area contributed by atoms with Crippen molar-refractivity contribution in [2.24, 2.45) is 5.92 Å². The Balaban J connectivity index is 2.18. The molecule has 2 rings (SSSR count). The van der Waals surface area contributed by atoms with E-state index < -0.39 is 10.0 Å². The topological polar surface area (TPSA) is 149 Å². The second kappa shape index (κ2) is 9.56. The van der Waals surface area contributed by atoms with Crippen LogP contribution in [0, 0.1) is 5.92 Å². The summed E-state index contributed by atoms with van der Waals surface area (Å²) in [5, 5.41) is 15.7. The monoisotopic (exact) mass is 433 g/mol. The summed E-state index contributed by atoms with van der Waals surface area (Å²) in [5.41, 5.74) is 0. The number of likely N-dealkylation sites (N-methyl/N-ethyl adjacent to an activating group) is 1. The molecule has 1 saturated heterocycles. The maximum atomic E-state index is 11.6. The lowest BCUT2D eigenvalue weighted by atomic mass is 10.0. The number of nitrogens with one attached hydrogen (secondary N) is 3.